The summed E-state index contributed by atoms with van der Waals surface area (Å²) in [6.45, 7) is 7.20. The maximum Gasteiger partial charge on any atom is 0.0412 e. The Bertz CT molecular complexity index is 291. The van der Waals surface area contributed by atoms with Gasteiger partial charge in [0, 0.05) is 24.0 Å². The highest BCUT2D eigenvalue weighted by Gasteiger charge is 2.12. The minimum absolute atomic E-state index is 0.555. The lowest BCUT2D eigenvalue weighted by molar-refractivity contribution is 0.226. The Morgan fingerprint density at radius 2 is 2.18 bits per heavy atom. The monoisotopic (exact) mass is 252 g/mol. The second-order valence-electron chi connectivity index (χ2n) is 4.83. The lowest BCUT2D eigenvalue weighted by Crippen LogP contribution is -2.36. The number of piperidine rings is 1. The van der Waals surface area contributed by atoms with E-state index in [0.29, 0.717) is 6.04 Å². The zero-order valence-corrected chi connectivity index (χ0v) is 11.6. The third kappa shape index (κ3) is 4.09. The van der Waals surface area contributed by atoms with E-state index in [0.717, 1.165) is 6.54 Å². The van der Waals surface area contributed by atoms with Gasteiger partial charge in [-0.25, -0.2) is 0 Å². The first kappa shape index (κ1) is 13.1. The van der Waals surface area contributed by atoms with Crippen molar-refractivity contribution in [3.8, 4) is 0 Å². The lowest BCUT2D eigenvalue weighted by atomic mass is 10.1. The fraction of sp³-hybridized carbons (Fsp3) is 0.714. The molecule has 17 heavy (non-hydrogen) atoms. The summed E-state index contributed by atoms with van der Waals surface area (Å²) in [7, 11) is 0. The number of likely N-dealkylation sites (tertiary alicyclic amines) is 1. The second-order valence-corrected chi connectivity index (χ2v) is 5.81. The van der Waals surface area contributed by atoms with Crippen molar-refractivity contribution in [1.82, 2.24) is 10.2 Å². The number of hydrogen-bond acceptors (Lipinski definition) is 3. The summed E-state index contributed by atoms with van der Waals surface area (Å²) in [6, 6.07) is 4.95. The molecule has 2 rings (SSSR count). The van der Waals surface area contributed by atoms with Gasteiger partial charge in [0.2, 0.25) is 0 Å². The van der Waals surface area contributed by atoms with Crippen LogP contribution in [0.3, 0.4) is 0 Å². The van der Waals surface area contributed by atoms with Gasteiger partial charge in [-0.1, -0.05) is 19.4 Å². The molecule has 0 saturated carbocycles. The predicted molar refractivity (Wildman–Crippen MR) is 75.6 cm³/mol. The van der Waals surface area contributed by atoms with Gasteiger partial charge in [-0.2, -0.15) is 0 Å². The summed E-state index contributed by atoms with van der Waals surface area (Å²) in [4.78, 5) is 4.07. The smallest absolute Gasteiger partial charge is 0.0412 e. The van der Waals surface area contributed by atoms with Crippen LogP contribution in [0.2, 0.25) is 0 Å². The van der Waals surface area contributed by atoms with E-state index in [2.05, 4.69) is 34.7 Å². The lowest BCUT2D eigenvalue weighted by Gasteiger charge is -2.27. The number of rotatable bonds is 6. The van der Waals surface area contributed by atoms with Gasteiger partial charge in [0.05, 0.1) is 0 Å². The van der Waals surface area contributed by atoms with Crippen LogP contribution in [0.15, 0.2) is 17.5 Å². The second kappa shape index (κ2) is 7.14. The van der Waals surface area contributed by atoms with Gasteiger partial charge in [0.1, 0.15) is 0 Å². The Kier molecular flexibility index (Phi) is 5.49. The van der Waals surface area contributed by atoms with E-state index >= 15 is 0 Å². The van der Waals surface area contributed by atoms with Crippen molar-refractivity contribution in [1.29, 1.82) is 0 Å². The molecule has 1 aliphatic rings. The molecule has 1 N–H and O–H groups in total. The molecular formula is C14H24N2S. The molecule has 96 valence electrons. The third-order valence-corrected chi connectivity index (χ3v) is 4.55. The first-order valence-electron chi connectivity index (χ1n) is 6.89. The number of nitrogens with one attached hydrogen (secondary N) is 1. The first-order valence-corrected chi connectivity index (χ1v) is 7.77. The van der Waals surface area contributed by atoms with Gasteiger partial charge in [0.15, 0.2) is 0 Å². The van der Waals surface area contributed by atoms with E-state index in [1.807, 2.05) is 11.3 Å². The molecule has 2 nitrogen and oxygen atoms in total. The van der Waals surface area contributed by atoms with Crippen LogP contribution in [0.25, 0.3) is 0 Å². The van der Waals surface area contributed by atoms with Crippen molar-refractivity contribution in [3.63, 3.8) is 0 Å². The molecule has 1 atom stereocenters. The SMILES string of the molecule is CCC(NCCN1CCCCC1)c1cccs1. The van der Waals surface area contributed by atoms with Crippen LogP contribution < -0.4 is 5.32 Å². The van der Waals surface area contributed by atoms with Gasteiger partial charge >= 0.3 is 0 Å². The van der Waals surface area contributed by atoms with Crippen LogP contribution in [0.1, 0.15) is 43.5 Å². The molecule has 0 aliphatic carbocycles. The van der Waals surface area contributed by atoms with Crippen LogP contribution in [0, 0.1) is 0 Å². The standard InChI is InChI=1S/C14H24N2S/c1-2-13(14-7-6-12-17-14)15-8-11-16-9-4-3-5-10-16/h6-7,12-13,15H,2-5,8-11H2,1H3. The van der Waals surface area contributed by atoms with E-state index in [1.54, 1.807) is 0 Å². The van der Waals surface area contributed by atoms with Crippen molar-refractivity contribution in [2.75, 3.05) is 26.2 Å². The molecular weight excluding hydrogens is 228 g/mol. The Morgan fingerprint density at radius 1 is 1.35 bits per heavy atom. The molecule has 1 aromatic rings. The maximum atomic E-state index is 3.69. The Labute approximate surface area is 109 Å². The topological polar surface area (TPSA) is 15.3 Å². The van der Waals surface area contributed by atoms with Crippen molar-refractivity contribution in [2.24, 2.45) is 0 Å². The van der Waals surface area contributed by atoms with E-state index < -0.39 is 0 Å². The maximum absolute atomic E-state index is 3.69. The summed E-state index contributed by atoms with van der Waals surface area (Å²) < 4.78 is 0. The zero-order chi connectivity index (χ0) is 11.9. The summed E-state index contributed by atoms with van der Waals surface area (Å²) in [6.07, 6.45) is 5.39. The summed E-state index contributed by atoms with van der Waals surface area (Å²) in [5.74, 6) is 0. The normalized spacial score (nSPS) is 19.4. The average Bonchev–Trinajstić information content (AvgIpc) is 2.90. The summed E-state index contributed by atoms with van der Waals surface area (Å²) >= 11 is 1.87. The number of nitrogens with zero attached hydrogens (tertiary/aromatic N) is 1. The highest BCUT2D eigenvalue weighted by molar-refractivity contribution is 7.10. The van der Waals surface area contributed by atoms with Gasteiger partial charge in [-0.05, 0) is 43.8 Å². The summed E-state index contributed by atoms with van der Waals surface area (Å²) in [5.41, 5.74) is 0. The number of hydrogen-bond donors (Lipinski definition) is 1. The van der Waals surface area contributed by atoms with Crippen LogP contribution in [-0.2, 0) is 0 Å². The average molecular weight is 252 g/mol. The third-order valence-electron chi connectivity index (χ3n) is 3.56. The van der Waals surface area contributed by atoms with E-state index in [-0.39, 0.29) is 0 Å². The van der Waals surface area contributed by atoms with Crippen molar-refractivity contribution in [2.45, 2.75) is 38.6 Å². The molecule has 0 spiro atoms. The van der Waals surface area contributed by atoms with Crippen molar-refractivity contribution >= 4 is 11.3 Å². The zero-order valence-electron chi connectivity index (χ0n) is 10.8. The van der Waals surface area contributed by atoms with Gasteiger partial charge in [-0.15, -0.1) is 11.3 Å². The molecule has 1 aromatic heterocycles. The Morgan fingerprint density at radius 3 is 2.82 bits per heavy atom. The minimum atomic E-state index is 0.555. The largest absolute Gasteiger partial charge is 0.308 e. The molecule has 0 aromatic carbocycles. The predicted octanol–water partition coefficient (Wildman–Crippen LogP) is 3.27. The minimum Gasteiger partial charge on any atom is -0.308 e. The molecule has 0 radical (unpaired) electrons. The molecule has 1 fully saturated rings. The van der Waals surface area contributed by atoms with Gasteiger partial charge in [0.25, 0.3) is 0 Å². The quantitative estimate of drug-likeness (QED) is 0.836. The van der Waals surface area contributed by atoms with Crippen molar-refractivity contribution in [3.05, 3.63) is 22.4 Å². The van der Waals surface area contributed by atoms with E-state index in [1.165, 1.54) is 50.2 Å². The molecule has 0 amide bonds. The van der Waals surface area contributed by atoms with E-state index in [4.69, 9.17) is 0 Å². The molecule has 0 bridgehead atoms. The molecule has 3 heteroatoms. The van der Waals surface area contributed by atoms with Crippen LogP contribution >= 0.6 is 11.3 Å². The summed E-state index contributed by atoms with van der Waals surface area (Å²) in [5, 5.41) is 5.86. The fourth-order valence-electron chi connectivity index (χ4n) is 2.52. The Hall–Kier alpha value is -0.380. The first-order chi connectivity index (χ1) is 8.40. The fourth-order valence-corrected chi connectivity index (χ4v) is 3.40. The Balaban J connectivity index is 1.69. The van der Waals surface area contributed by atoms with Crippen molar-refractivity contribution < 1.29 is 0 Å². The van der Waals surface area contributed by atoms with Gasteiger partial charge in [-0.3, -0.25) is 0 Å². The van der Waals surface area contributed by atoms with Crippen LogP contribution in [0.5, 0.6) is 0 Å². The van der Waals surface area contributed by atoms with Gasteiger partial charge < -0.3 is 10.2 Å². The number of thiophene rings is 1. The molecule has 1 saturated heterocycles. The molecule has 1 aliphatic heterocycles. The molecule has 2 heterocycles. The van der Waals surface area contributed by atoms with Crippen LogP contribution in [-0.4, -0.2) is 31.1 Å². The molecule has 1 unspecified atom stereocenters. The van der Waals surface area contributed by atoms with Crippen LogP contribution in [0.4, 0.5) is 0 Å². The van der Waals surface area contributed by atoms with E-state index in [9.17, 15) is 0 Å². The highest BCUT2D eigenvalue weighted by Crippen LogP contribution is 2.21. The highest BCUT2D eigenvalue weighted by atomic mass is 32.1.